The highest BCUT2D eigenvalue weighted by atomic mass is 32.1. The van der Waals surface area contributed by atoms with Gasteiger partial charge in [-0.15, -0.1) is 22.7 Å². The van der Waals surface area contributed by atoms with Crippen LogP contribution in [0.1, 0.15) is 23.2 Å². The number of hydrogen-bond acceptors (Lipinski definition) is 6. The fraction of sp³-hybridized carbons (Fsp3) is 0.278. The highest BCUT2D eigenvalue weighted by Crippen LogP contribution is 2.29. The van der Waals surface area contributed by atoms with E-state index in [2.05, 4.69) is 10.3 Å². The molecule has 4 heterocycles. The summed E-state index contributed by atoms with van der Waals surface area (Å²) in [5, 5.41) is 7.44. The third-order valence-electron chi connectivity index (χ3n) is 4.36. The first kappa shape index (κ1) is 17.0. The fourth-order valence-electron chi connectivity index (χ4n) is 3.02. The predicted octanol–water partition coefficient (Wildman–Crippen LogP) is 3.96. The maximum Gasteiger partial charge on any atom is 0.257 e. The number of furan rings is 1. The zero-order valence-electron chi connectivity index (χ0n) is 13.9. The lowest BCUT2D eigenvalue weighted by atomic mass is 9.97. The van der Waals surface area contributed by atoms with Gasteiger partial charge in [0.15, 0.2) is 5.13 Å². The number of nitrogens with one attached hydrogen (secondary N) is 1. The molecular weight excluding hydrogens is 370 g/mol. The number of thiazole rings is 1. The molecule has 26 heavy (non-hydrogen) atoms. The van der Waals surface area contributed by atoms with E-state index in [1.165, 1.54) is 23.9 Å². The Hall–Kier alpha value is -2.45. The molecule has 1 saturated heterocycles. The van der Waals surface area contributed by atoms with Crippen molar-refractivity contribution in [1.29, 1.82) is 0 Å². The molecule has 3 aromatic rings. The molecule has 6 nitrogen and oxygen atoms in total. The molecule has 0 saturated carbocycles. The van der Waals surface area contributed by atoms with E-state index >= 15 is 0 Å². The van der Waals surface area contributed by atoms with Gasteiger partial charge in [0.2, 0.25) is 5.91 Å². The minimum Gasteiger partial charge on any atom is -0.472 e. The van der Waals surface area contributed by atoms with E-state index in [1.54, 1.807) is 22.3 Å². The SMILES string of the molecule is O=C(Nc1nc(-c2cccs2)cs1)C1CCCN(C(=O)c2ccoc2)C1. The second-order valence-corrected chi connectivity index (χ2v) is 7.91. The van der Waals surface area contributed by atoms with Gasteiger partial charge < -0.3 is 14.6 Å². The summed E-state index contributed by atoms with van der Waals surface area (Å²) in [6.07, 6.45) is 4.49. The molecule has 1 aliphatic rings. The quantitative estimate of drug-likeness (QED) is 0.735. The van der Waals surface area contributed by atoms with Crippen LogP contribution in [0.15, 0.2) is 45.9 Å². The number of hydrogen-bond donors (Lipinski definition) is 1. The Morgan fingerprint density at radius 1 is 1.31 bits per heavy atom. The first-order valence-electron chi connectivity index (χ1n) is 8.32. The highest BCUT2D eigenvalue weighted by molar-refractivity contribution is 7.16. The average Bonchev–Trinajstić information content (AvgIpc) is 3.42. The van der Waals surface area contributed by atoms with Crippen LogP contribution >= 0.6 is 22.7 Å². The van der Waals surface area contributed by atoms with Gasteiger partial charge in [0.05, 0.1) is 28.3 Å². The first-order valence-corrected chi connectivity index (χ1v) is 10.1. The number of anilines is 1. The van der Waals surface area contributed by atoms with E-state index in [-0.39, 0.29) is 17.7 Å². The van der Waals surface area contributed by atoms with E-state index in [1.807, 2.05) is 22.9 Å². The van der Waals surface area contributed by atoms with Crippen LogP contribution < -0.4 is 5.32 Å². The second kappa shape index (κ2) is 7.43. The van der Waals surface area contributed by atoms with E-state index in [0.717, 1.165) is 23.4 Å². The average molecular weight is 387 g/mol. The Morgan fingerprint density at radius 3 is 3.00 bits per heavy atom. The lowest BCUT2D eigenvalue weighted by molar-refractivity contribution is -0.121. The minimum absolute atomic E-state index is 0.0817. The van der Waals surface area contributed by atoms with Crippen molar-refractivity contribution < 1.29 is 14.0 Å². The highest BCUT2D eigenvalue weighted by Gasteiger charge is 2.29. The number of amides is 2. The first-order chi connectivity index (χ1) is 12.7. The maximum absolute atomic E-state index is 12.6. The molecule has 0 aliphatic carbocycles. The molecule has 0 aromatic carbocycles. The smallest absolute Gasteiger partial charge is 0.257 e. The lowest BCUT2D eigenvalue weighted by Crippen LogP contribution is -2.43. The van der Waals surface area contributed by atoms with E-state index < -0.39 is 0 Å². The van der Waals surface area contributed by atoms with Crippen LogP contribution in [-0.2, 0) is 4.79 Å². The molecule has 0 radical (unpaired) electrons. The molecular formula is C18H17N3O3S2. The monoisotopic (exact) mass is 387 g/mol. The summed E-state index contributed by atoms with van der Waals surface area (Å²) in [5.41, 5.74) is 1.40. The summed E-state index contributed by atoms with van der Waals surface area (Å²) < 4.78 is 4.98. The number of carbonyl (C=O) groups is 2. The van der Waals surface area contributed by atoms with Gasteiger partial charge in [-0.05, 0) is 30.4 Å². The van der Waals surface area contributed by atoms with Crippen molar-refractivity contribution >= 4 is 39.6 Å². The van der Waals surface area contributed by atoms with Crippen molar-refractivity contribution in [1.82, 2.24) is 9.88 Å². The zero-order chi connectivity index (χ0) is 17.9. The number of thiophene rings is 1. The fourth-order valence-corrected chi connectivity index (χ4v) is 4.49. The van der Waals surface area contributed by atoms with Crippen LogP contribution in [0, 0.1) is 5.92 Å². The number of piperidine rings is 1. The van der Waals surface area contributed by atoms with Gasteiger partial charge in [0.25, 0.3) is 5.91 Å². The molecule has 3 aromatic heterocycles. The van der Waals surface area contributed by atoms with Crippen molar-refractivity contribution in [2.75, 3.05) is 18.4 Å². The summed E-state index contributed by atoms with van der Waals surface area (Å²) in [6, 6.07) is 5.63. The molecule has 0 bridgehead atoms. The number of carbonyl (C=O) groups excluding carboxylic acids is 2. The normalized spacial score (nSPS) is 17.2. The van der Waals surface area contributed by atoms with E-state index in [4.69, 9.17) is 4.42 Å². The van der Waals surface area contributed by atoms with Crippen molar-refractivity contribution in [2.45, 2.75) is 12.8 Å². The molecule has 1 unspecified atom stereocenters. The number of aromatic nitrogens is 1. The Kier molecular flexibility index (Phi) is 4.85. The van der Waals surface area contributed by atoms with Crippen molar-refractivity contribution in [3.8, 4) is 10.6 Å². The van der Waals surface area contributed by atoms with E-state index in [0.29, 0.717) is 23.8 Å². The Labute approximate surface area is 158 Å². The third-order valence-corrected chi connectivity index (χ3v) is 6.01. The molecule has 1 fully saturated rings. The van der Waals surface area contributed by atoms with Crippen molar-refractivity contribution in [3.05, 3.63) is 47.0 Å². The summed E-state index contributed by atoms with van der Waals surface area (Å²) >= 11 is 3.03. The lowest BCUT2D eigenvalue weighted by Gasteiger charge is -2.31. The van der Waals surface area contributed by atoms with Crippen LogP contribution in [0.4, 0.5) is 5.13 Å². The predicted molar refractivity (Wildman–Crippen MR) is 101 cm³/mol. The molecule has 0 spiro atoms. The number of likely N-dealkylation sites (tertiary alicyclic amines) is 1. The van der Waals surface area contributed by atoms with Crippen LogP contribution in [0.5, 0.6) is 0 Å². The van der Waals surface area contributed by atoms with Gasteiger partial charge in [0, 0.05) is 18.5 Å². The summed E-state index contributed by atoms with van der Waals surface area (Å²) in [5.74, 6) is -0.402. The standard InChI is InChI=1S/C18H17N3O3S2/c22-16(20-18-19-14(11-26-18)15-4-2-8-25-15)12-3-1-6-21(9-12)17(23)13-5-7-24-10-13/h2,4-5,7-8,10-12H,1,3,6,9H2,(H,19,20,22). The molecule has 1 aliphatic heterocycles. The van der Waals surface area contributed by atoms with Crippen LogP contribution in [0.2, 0.25) is 0 Å². The van der Waals surface area contributed by atoms with Gasteiger partial charge in [0.1, 0.15) is 6.26 Å². The van der Waals surface area contributed by atoms with Crippen molar-refractivity contribution in [3.63, 3.8) is 0 Å². The van der Waals surface area contributed by atoms with Crippen LogP contribution in [0.3, 0.4) is 0 Å². The van der Waals surface area contributed by atoms with Gasteiger partial charge >= 0.3 is 0 Å². The van der Waals surface area contributed by atoms with Gasteiger partial charge in [-0.1, -0.05) is 6.07 Å². The Bertz CT molecular complexity index is 887. The summed E-state index contributed by atoms with van der Waals surface area (Å²) in [6.45, 7) is 1.08. The van der Waals surface area contributed by atoms with Gasteiger partial charge in [-0.2, -0.15) is 0 Å². The topological polar surface area (TPSA) is 75.4 Å². The molecule has 8 heteroatoms. The van der Waals surface area contributed by atoms with Crippen molar-refractivity contribution in [2.24, 2.45) is 5.92 Å². The molecule has 1 N–H and O–H groups in total. The zero-order valence-corrected chi connectivity index (χ0v) is 15.5. The van der Waals surface area contributed by atoms with Gasteiger partial charge in [-0.25, -0.2) is 4.98 Å². The summed E-state index contributed by atoms with van der Waals surface area (Å²) in [7, 11) is 0. The molecule has 2 amide bonds. The largest absolute Gasteiger partial charge is 0.472 e. The number of rotatable bonds is 4. The third kappa shape index (κ3) is 3.56. The van der Waals surface area contributed by atoms with E-state index in [9.17, 15) is 9.59 Å². The molecule has 1 atom stereocenters. The van der Waals surface area contributed by atoms with Gasteiger partial charge in [-0.3, -0.25) is 9.59 Å². The number of nitrogens with zero attached hydrogens (tertiary/aromatic N) is 2. The second-order valence-electron chi connectivity index (χ2n) is 6.11. The Balaban J connectivity index is 1.39. The molecule has 134 valence electrons. The molecule has 4 rings (SSSR count). The minimum atomic E-state index is -0.228. The maximum atomic E-state index is 12.6. The Morgan fingerprint density at radius 2 is 2.23 bits per heavy atom. The summed E-state index contributed by atoms with van der Waals surface area (Å²) in [4.78, 5) is 32.4. The van der Waals surface area contributed by atoms with Crippen LogP contribution in [-0.4, -0.2) is 34.8 Å². The van der Waals surface area contributed by atoms with Crippen LogP contribution in [0.25, 0.3) is 10.6 Å².